The quantitative estimate of drug-likeness (QED) is 0.0238. The van der Waals surface area contributed by atoms with Gasteiger partial charge in [0.05, 0.1) is 13.2 Å². The molecule has 0 aromatic rings. The Balaban J connectivity index is 4.39. The van der Waals surface area contributed by atoms with E-state index in [1.54, 1.807) is 0 Å². The average molecular weight is 770 g/mol. The molecule has 4 N–H and O–H groups in total. The SMILES string of the molecule is CCCCCCCCC/C=C/C/C=C/C/C=C/C/C=C/CCCC(=O)OC[C@@H](COP(=O)(O)OC[C@H](N)C(=O)O)OC(=O)CCCCCCCCCC. The maximum Gasteiger partial charge on any atom is 0.472 e. The maximum absolute atomic E-state index is 12.5. The topological polar surface area (TPSA) is 172 Å². The molecule has 0 heterocycles. The van der Waals surface area contributed by atoms with Crippen LogP contribution in [0, 0.1) is 0 Å². The number of unbranched alkanes of at least 4 members (excludes halogenated alkanes) is 15. The molecule has 306 valence electrons. The smallest absolute Gasteiger partial charge is 0.472 e. The van der Waals surface area contributed by atoms with E-state index in [0.29, 0.717) is 19.3 Å². The highest BCUT2D eigenvalue weighted by molar-refractivity contribution is 7.47. The van der Waals surface area contributed by atoms with Crippen LogP contribution in [0.5, 0.6) is 0 Å². The number of carbonyl (C=O) groups excluding carboxylic acids is 2. The second-order valence-corrected chi connectivity index (χ2v) is 14.9. The van der Waals surface area contributed by atoms with Crippen molar-refractivity contribution < 1.29 is 47.5 Å². The second-order valence-electron chi connectivity index (χ2n) is 13.4. The number of phosphoric ester groups is 1. The summed E-state index contributed by atoms with van der Waals surface area (Å²) in [4.78, 5) is 45.6. The number of phosphoric acid groups is 1. The van der Waals surface area contributed by atoms with E-state index in [-0.39, 0.29) is 19.4 Å². The predicted octanol–water partition coefficient (Wildman–Crippen LogP) is 10.2. The van der Waals surface area contributed by atoms with Gasteiger partial charge >= 0.3 is 25.7 Å². The summed E-state index contributed by atoms with van der Waals surface area (Å²) in [6.45, 7) is 2.68. The molecule has 0 saturated carbocycles. The molecule has 0 bridgehead atoms. The summed E-state index contributed by atoms with van der Waals surface area (Å²) in [5.41, 5.74) is 5.31. The third kappa shape index (κ3) is 36.2. The van der Waals surface area contributed by atoms with Gasteiger partial charge in [-0.05, 0) is 51.4 Å². The molecule has 3 atom stereocenters. The summed E-state index contributed by atoms with van der Waals surface area (Å²) in [6, 6.07) is -1.53. The summed E-state index contributed by atoms with van der Waals surface area (Å²) < 4.78 is 32.4. The van der Waals surface area contributed by atoms with Crippen molar-refractivity contribution in [3.63, 3.8) is 0 Å². The summed E-state index contributed by atoms with van der Waals surface area (Å²) in [5, 5.41) is 8.85. The zero-order valence-corrected chi connectivity index (χ0v) is 33.7. The van der Waals surface area contributed by atoms with Crippen LogP contribution in [0.3, 0.4) is 0 Å². The summed E-state index contributed by atoms with van der Waals surface area (Å²) >= 11 is 0. The van der Waals surface area contributed by atoms with Gasteiger partial charge in [0.1, 0.15) is 12.6 Å². The maximum atomic E-state index is 12.5. The molecule has 0 aromatic carbocycles. The lowest BCUT2D eigenvalue weighted by molar-refractivity contribution is -0.161. The van der Waals surface area contributed by atoms with Gasteiger partial charge in [0.15, 0.2) is 6.10 Å². The van der Waals surface area contributed by atoms with Gasteiger partial charge in [-0.2, -0.15) is 0 Å². The normalized spacial score (nSPS) is 14.3. The van der Waals surface area contributed by atoms with Gasteiger partial charge in [-0.3, -0.25) is 23.4 Å². The Morgan fingerprint density at radius 1 is 0.585 bits per heavy atom. The fraction of sp³-hybridized carbons (Fsp3) is 0.732. The van der Waals surface area contributed by atoms with Gasteiger partial charge < -0.3 is 25.2 Å². The number of carboxylic acids is 1. The van der Waals surface area contributed by atoms with Crippen molar-refractivity contribution in [1.29, 1.82) is 0 Å². The number of rotatable bonds is 37. The number of nitrogens with two attached hydrogens (primary N) is 1. The molecule has 11 nitrogen and oxygen atoms in total. The lowest BCUT2D eigenvalue weighted by Crippen LogP contribution is -2.34. The number of carbonyl (C=O) groups is 3. The van der Waals surface area contributed by atoms with Crippen LogP contribution in [0.2, 0.25) is 0 Å². The lowest BCUT2D eigenvalue weighted by atomic mass is 10.1. The zero-order chi connectivity index (χ0) is 39.3. The van der Waals surface area contributed by atoms with E-state index >= 15 is 0 Å². The third-order valence-corrected chi connectivity index (χ3v) is 9.28. The lowest BCUT2D eigenvalue weighted by Gasteiger charge is -2.20. The van der Waals surface area contributed by atoms with E-state index < -0.39 is 51.1 Å². The fourth-order valence-electron chi connectivity index (χ4n) is 5.11. The van der Waals surface area contributed by atoms with Crippen molar-refractivity contribution in [2.45, 2.75) is 174 Å². The van der Waals surface area contributed by atoms with E-state index in [0.717, 1.165) is 38.5 Å². The molecule has 0 amide bonds. The molecule has 0 fully saturated rings. The van der Waals surface area contributed by atoms with Crippen LogP contribution in [0.15, 0.2) is 48.6 Å². The Labute approximate surface area is 320 Å². The van der Waals surface area contributed by atoms with Crippen molar-refractivity contribution >= 4 is 25.7 Å². The number of aliphatic carboxylic acids is 1. The number of hydrogen-bond acceptors (Lipinski definition) is 9. The molecular weight excluding hydrogens is 697 g/mol. The molecule has 0 spiro atoms. The van der Waals surface area contributed by atoms with Gasteiger partial charge in [-0.1, -0.05) is 146 Å². The molecule has 0 aliphatic carbocycles. The summed E-state index contributed by atoms with van der Waals surface area (Å²) in [5.74, 6) is -2.46. The van der Waals surface area contributed by atoms with Crippen molar-refractivity contribution in [2.24, 2.45) is 5.73 Å². The number of esters is 2. The Morgan fingerprint density at radius 2 is 1.02 bits per heavy atom. The Bertz CT molecular complexity index is 1090. The monoisotopic (exact) mass is 769 g/mol. The highest BCUT2D eigenvalue weighted by Crippen LogP contribution is 2.43. The zero-order valence-electron chi connectivity index (χ0n) is 32.8. The average Bonchev–Trinajstić information content (AvgIpc) is 3.13. The molecule has 0 aromatic heterocycles. The predicted molar refractivity (Wildman–Crippen MR) is 212 cm³/mol. The highest BCUT2D eigenvalue weighted by Gasteiger charge is 2.28. The van der Waals surface area contributed by atoms with Gasteiger partial charge in [-0.25, -0.2) is 4.57 Å². The molecular formula is C41H72NO10P. The van der Waals surface area contributed by atoms with Crippen LogP contribution in [-0.2, 0) is 37.5 Å². The molecule has 53 heavy (non-hydrogen) atoms. The molecule has 0 aliphatic heterocycles. The van der Waals surface area contributed by atoms with Crippen molar-refractivity contribution in [1.82, 2.24) is 0 Å². The molecule has 1 unspecified atom stereocenters. The third-order valence-electron chi connectivity index (χ3n) is 8.33. The van der Waals surface area contributed by atoms with Crippen LogP contribution in [0.4, 0.5) is 0 Å². The van der Waals surface area contributed by atoms with E-state index in [1.165, 1.54) is 77.0 Å². The first-order chi connectivity index (χ1) is 25.6. The second kappa shape index (κ2) is 36.4. The first-order valence-electron chi connectivity index (χ1n) is 20.2. The van der Waals surface area contributed by atoms with Crippen molar-refractivity contribution in [3.8, 4) is 0 Å². The minimum absolute atomic E-state index is 0.146. The van der Waals surface area contributed by atoms with Gasteiger partial charge in [0.2, 0.25) is 0 Å². The first kappa shape index (κ1) is 50.4. The number of carboxylic acid groups (broad SMARTS) is 1. The van der Waals surface area contributed by atoms with Crippen molar-refractivity contribution in [3.05, 3.63) is 48.6 Å². The van der Waals surface area contributed by atoms with Crippen LogP contribution in [-0.4, -0.2) is 59.9 Å². The molecule has 12 heteroatoms. The Hall–Kier alpha value is -2.56. The van der Waals surface area contributed by atoms with E-state index in [4.69, 9.17) is 24.8 Å². The van der Waals surface area contributed by atoms with Crippen LogP contribution in [0.25, 0.3) is 0 Å². The fourth-order valence-corrected chi connectivity index (χ4v) is 5.89. The standard InChI is InChI=1S/C41H72NO10P/c1-3-5-7-9-11-13-14-15-16-17-18-19-20-21-22-23-24-25-27-28-30-32-39(43)49-34-37(35-50-53(47,48)51-36-38(42)41(45)46)52-40(44)33-31-29-26-12-10-8-6-4-2/h16-17,19-20,22-23,25,27,37-38H,3-15,18,21,24,26,28-36,42H2,1-2H3,(H,45,46)(H,47,48)/b17-16+,20-19+,23-22+,27-25+/t37-,38-/m0/s1. The van der Waals surface area contributed by atoms with Gasteiger partial charge in [-0.15, -0.1) is 0 Å². The van der Waals surface area contributed by atoms with Gasteiger partial charge in [0.25, 0.3) is 0 Å². The van der Waals surface area contributed by atoms with E-state index in [2.05, 4.69) is 60.9 Å². The minimum atomic E-state index is -4.72. The van der Waals surface area contributed by atoms with Crippen molar-refractivity contribution in [2.75, 3.05) is 19.8 Å². The highest BCUT2D eigenvalue weighted by atomic mass is 31.2. The largest absolute Gasteiger partial charge is 0.480 e. The molecule has 0 aliphatic rings. The minimum Gasteiger partial charge on any atom is -0.480 e. The molecule has 0 rings (SSSR count). The number of allylic oxidation sites excluding steroid dienone is 8. The van der Waals surface area contributed by atoms with E-state index in [1.807, 2.05) is 6.08 Å². The molecule has 0 saturated heterocycles. The first-order valence-corrected chi connectivity index (χ1v) is 21.7. The molecule has 0 radical (unpaired) electrons. The Morgan fingerprint density at radius 3 is 1.55 bits per heavy atom. The van der Waals surface area contributed by atoms with Crippen LogP contribution >= 0.6 is 7.82 Å². The number of hydrogen-bond donors (Lipinski definition) is 3. The van der Waals surface area contributed by atoms with Crippen LogP contribution in [0.1, 0.15) is 162 Å². The summed E-state index contributed by atoms with van der Waals surface area (Å²) in [6.07, 6.45) is 39.3. The Kier molecular flexibility index (Phi) is 34.7. The van der Waals surface area contributed by atoms with E-state index in [9.17, 15) is 23.8 Å². The van der Waals surface area contributed by atoms with Gasteiger partial charge in [0, 0.05) is 12.8 Å². The summed E-state index contributed by atoms with van der Waals surface area (Å²) in [7, 11) is -4.72. The number of ether oxygens (including phenoxy) is 2. The van der Waals surface area contributed by atoms with Crippen LogP contribution < -0.4 is 5.73 Å².